The van der Waals surface area contributed by atoms with Gasteiger partial charge in [0.05, 0.1) is 17.3 Å². The first-order chi connectivity index (χ1) is 12.3. The molecule has 0 unspecified atom stereocenters. The highest BCUT2D eigenvalue weighted by Gasteiger charge is 2.32. The zero-order valence-electron chi connectivity index (χ0n) is 14.2. The number of carbonyl (C=O) groups is 1. The van der Waals surface area contributed by atoms with Gasteiger partial charge in [0, 0.05) is 19.5 Å². The quantitative estimate of drug-likeness (QED) is 0.737. The number of nitrogens with one attached hydrogen (secondary N) is 1. The maximum Gasteiger partial charge on any atom is 0.230 e. The average molecular weight is 398 g/mol. The van der Waals surface area contributed by atoms with Gasteiger partial charge in [-0.1, -0.05) is 23.9 Å². The summed E-state index contributed by atoms with van der Waals surface area (Å²) >= 11 is 1.24. The molecule has 0 bridgehead atoms. The summed E-state index contributed by atoms with van der Waals surface area (Å²) in [4.78, 5) is 12.0. The predicted molar refractivity (Wildman–Crippen MR) is 96.0 cm³/mol. The highest BCUT2D eigenvalue weighted by Crippen LogP contribution is 2.29. The van der Waals surface area contributed by atoms with Gasteiger partial charge < -0.3 is 9.88 Å². The second-order valence-electron chi connectivity index (χ2n) is 6.19. The van der Waals surface area contributed by atoms with Crippen molar-refractivity contribution in [2.45, 2.75) is 24.0 Å². The number of benzene rings is 1. The number of carbonyl (C=O) groups excluding carboxylic acids is 1. The van der Waals surface area contributed by atoms with Gasteiger partial charge in [-0.25, -0.2) is 12.8 Å². The Hall–Kier alpha value is -1.94. The van der Waals surface area contributed by atoms with Gasteiger partial charge >= 0.3 is 0 Å². The molecule has 10 heteroatoms. The standard InChI is InChI=1S/C16H19FN4O3S2/c1-21-15(12-6-7-26(23,24)10-12)19-20-16(21)25-9-14(22)18-8-11-2-4-13(17)5-3-11/h2-5,12H,6-10H2,1H3,(H,18,22)/t12-/m1/s1. The lowest BCUT2D eigenvalue weighted by Crippen LogP contribution is -2.24. The third-order valence-electron chi connectivity index (χ3n) is 4.20. The van der Waals surface area contributed by atoms with Gasteiger partial charge in [-0.05, 0) is 24.1 Å². The van der Waals surface area contributed by atoms with Crippen molar-refractivity contribution in [2.75, 3.05) is 17.3 Å². The molecule has 0 spiro atoms. The number of halogens is 1. The lowest BCUT2D eigenvalue weighted by molar-refractivity contribution is -0.118. The minimum Gasteiger partial charge on any atom is -0.351 e. The van der Waals surface area contributed by atoms with Crippen LogP contribution < -0.4 is 5.32 Å². The summed E-state index contributed by atoms with van der Waals surface area (Å²) in [6.45, 7) is 0.323. The fraction of sp³-hybridized carbons (Fsp3) is 0.438. The van der Waals surface area contributed by atoms with Crippen LogP contribution in [0.1, 0.15) is 23.7 Å². The van der Waals surface area contributed by atoms with Gasteiger partial charge in [-0.3, -0.25) is 4.79 Å². The molecule has 7 nitrogen and oxygen atoms in total. The molecule has 1 amide bonds. The number of rotatable bonds is 6. The van der Waals surface area contributed by atoms with Crippen molar-refractivity contribution in [3.05, 3.63) is 41.5 Å². The first-order valence-electron chi connectivity index (χ1n) is 8.08. The molecule has 1 fully saturated rings. The molecule has 0 aliphatic carbocycles. The predicted octanol–water partition coefficient (Wildman–Crippen LogP) is 1.26. The van der Waals surface area contributed by atoms with Gasteiger partial charge in [0.15, 0.2) is 15.0 Å². The van der Waals surface area contributed by atoms with Crippen LogP contribution in [0.4, 0.5) is 4.39 Å². The van der Waals surface area contributed by atoms with Gasteiger partial charge in [-0.2, -0.15) is 0 Å². The molecular weight excluding hydrogens is 379 g/mol. The van der Waals surface area contributed by atoms with Crippen LogP contribution in [-0.2, 0) is 28.2 Å². The number of hydrogen-bond donors (Lipinski definition) is 1. The van der Waals surface area contributed by atoms with E-state index in [4.69, 9.17) is 0 Å². The van der Waals surface area contributed by atoms with E-state index in [1.165, 1.54) is 23.9 Å². The van der Waals surface area contributed by atoms with Gasteiger partial charge in [0.1, 0.15) is 11.6 Å². The van der Waals surface area contributed by atoms with Crippen LogP contribution in [0.3, 0.4) is 0 Å². The van der Waals surface area contributed by atoms with E-state index in [9.17, 15) is 17.6 Å². The van der Waals surface area contributed by atoms with E-state index in [1.54, 1.807) is 23.7 Å². The van der Waals surface area contributed by atoms with Crippen molar-refractivity contribution in [1.29, 1.82) is 0 Å². The lowest BCUT2D eigenvalue weighted by Gasteiger charge is -2.08. The molecule has 26 heavy (non-hydrogen) atoms. The molecule has 3 rings (SSSR count). The van der Waals surface area contributed by atoms with E-state index in [0.29, 0.717) is 23.9 Å². The summed E-state index contributed by atoms with van der Waals surface area (Å²) in [6, 6.07) is 5.93. The van der Waals surface area contributed by atoms with Crippen LogP contribution in [-0.4, -0.2) is 46.3 Å². The summed E-state index contributed by atoms with van der Waals surface area (Å²) in [5, 5.41) is 11.5. The van der Waals surface area contributed by atoms with Crippen molar-refractivity contribution in [1.82, 2.24) is 20.1 Å². The van der Waals surface area contributed by atoms with E-state index in [0.717, 1.165) is 5.56 Å². The third kappa shape index (κ3) is 4.61. The molecular formula is C16H19FN4O3S2. The normalized spacial score (nSPS) is 18.8. The Morgan fingerprint density at radius 3 is 2.73 bits per heavy atom. The van der Waals surface area contributed by atoms with E-state index >= 15 is 0 Å². The molecule has 140 valence electrons. The van der Waals surface area contributed by atoms with Crippen LogP contribution in [0, 0.1) is 5.82 Å². The molecule has 2 aromatic rings. The molecule has 1 aromatic heterocycles. The number of sulfone groups is 1. The Morgan fingerprint density at radius 1 is 1.35 bits per heavy atom. The summed E-state index contributed by atoms with van der Waals surface area (Å²) < 4.78 is 37.8. The van der Waals surface area contributed by atoms with Crippen molar-refractivity contribution in [2.24, 2.45) is 7.05 Å². The van der Waals surface area contributed by atoms with Crippen LogP contribution in [0.5, 0.6) is 0 Å². The largest absolute Gasteiger partial charge is 0.351 e. The molecule has 1 aromatic carbocycles. The minimum atomic E-state index is -2.99. The summed E-state index contributed by atoms with van der Waals surface area (Å²) in [7, 11) is -1.21. The van der Waals surface area contributed by atoms with Crippen molar-refractivity contribution in [3.63, 3.8) is 0 Å². The summed E-state index contributed by atoms with van der Waals surface area (Å²) in [5.74, 6) is 0.451. The van der Waals surface area contributed by atoms with Crippen molar-refractivity contribution >= 4 is 27.5 Å². The number of nitrogens with zero attached hydrogens (tertiary/aromatic N) is 3. The van der Waals surface area contributed by atoms with Crippen LogP contribution >= 0.6 is 11.8 Å². The van der Waals surface area contributed by atoms with Crippen molar-refractivity contribution in [3.8, 4) is 0 Å². The fourth-order valence-electron chi connectivity index (χ4n) is 2.79. The van der Waals surface area contributed by atoms with Gasteiger partial charge in [0.2, 0.25) is 5.91 Å². The molecule has 1 saturated heterocycles. The van der Waals surface area contributed by atoms with E-state index in [1.807, 2.05) is 0 Å². The van der Waals surface area contributed by atoms with Gasteiger partial charge in [0.25, 0.3) is 0 Å². The molecule has 0 saturated carbocycles. The number of amides is 1. The van der Waals surface area contributed by atoms with Crippen LogP contribution in [0.15, 0.2) is 29.4 Å². The topological polar surface area (TPSA) is 93.9 Å². The van der Waals surface area contributed by atoms with Crippen LogP contribution in [0.2, 0.25) is 0 Å². The molecule has 0 radical (unpaired) electrons. The lowest BCUT2D eigenvalue weighted by atomic mass is 10.1. The SMILES string of the molecule is Cn1c(SCC(=O)NCc2ccc(F)cc2)nnc1[C@@H]1CCS(=O)(=O)C1. The first kappa shape index (κ1) is 18.8. The Labute approximate surface area is 155 Å². The number of aromatic nitrogens is 3. The Morgan fingerprint density at radius 2 is 2.08 bits per heavy atom. The minimum absolute atomic E-state index is 0.0990. The Bertz CT molecular complexity index is 897. The van der Waals surface area contributed by atoms with E-state index in [-0.39, 0.29) is 34.9 Å². The molecule has 1 atom stereocenters. The van der Waals surface area contributed by atoms with E-state index < -0.39 is 9.84 Å². The Balaban J connectivity index is 1.52. The maximum absolute atomic E-state index is 12.8. The molecule has 1 aliphatic rings. The molecule has 1 N–H and O–H groups in total. The first-order valence-corrected chi connectivity index (χ1v) is 10.9. The van der Waals surface area contributed by atoms with Gasteiger partial charge in [-0.15, -0.1) is 10.2 Å². The van der Waals surface area contributed by atoms with Crippen LogP contribution in [0.25, 0.3) is 0 Å². The number of hydrogen-bond acceptors (Lipinski definition) is 6. The molecule has 2 heterocycles. The highest BCUT2D eigenvalue weighted by molar-refractivity contribution is 7.99. The average Bonchev–Trinajstić information content (AvgIpc) is 3.14. The fourth-order valence-corrected chi connectivity index (χ4v) is 5.28. The van der Waals surface area contributed by atoms with E-state index in [2.05, 4.69) is 15.5 Å². The second-order valence-corrected chi connectivity index (χ2v) is 9.36. The third-order valence-corrected chi connectivity index (χ3v) is 6.99. The maximum atomic E-state index is 12.8. The molecule has 1 aliphatic heterocycles. The van der Waals surface area contributed by atoms with Crippen molar-refractivity contribution < 1.29 is 17.6 Å². The zero-order valence-corrected chi connectivity index (χ0v) is 15.8. The number of thioether (sulfide) groups is 1. The summed E-state index contributed by atoms with van der Waals surface area (Å²) in [6.07, 6.45) is 0.553. The second kappa shape index (κ2) is 7.75. The smallest absolute Gasteiger partial charge is 0.230 e. The summed E-state index contributed by atoms with van der Waals surface area (Å²) in [5.41, 5.74) is 0.813. The highest BCUT2D eigenvalue weighted by atomic mass is 32.2. The monoisotopic (exact) mass is 398 g/mol. The Kier molecular flexibility index (Phi) is 5.61. The zero-order chi connectivity index (χ0) is 18.7.